The first-order valence-corrected chi connectivity index (χ1v) is 16.8. The predicted octanol–water partition coefficient (Wildman–Crippen LogP) is -4.33. The van der Waals surface area contributed by atoms with Crippen LogP contribution in [0.4, 0.5) is 0 Å². The lowest BCUT2D eigenvalue weighted by Crippen LogP contribution is -2.61. The van der Waals surface area contributed by atoms with Gasteiger partial charge < -0.3 is 66.1 Å². The van der Waals surface area contributed by atoms with Gasteiger partial charge in [0.15, 0.2) is 17.9 Å². The van der Waals surface area contributed by atoms with Crippen LogP contribution >= 0.6 is 0 Å². The normalized spacial score (nSPS) is 24.1. The average Bonchev–Trinajstić information content (AvgIpc) is 3.11. The first-order valence-electron chi connectivity index (χ1n) is 16.8. The topological polar surface area (TPSA) is 330 Å². The van der Waals surface area contributed by atoms with Crippen molar-refractivity contribution in [3.63, 3.8) is 0 Å². The van der Waals surface area contributed by atoms with Crippen LogP contribution in [0.25, 0.3) is 0 Å². The Bertz CT molecular complexity index is 1410. The van der Waals surface area contributed by atoms with E-state index in [0.717, 1.165) is 0 Å². The van der Waals surface area contributed by atoms with Gasteiger partial charge >= 0.3 is 5.97 Å². The molecular formula is C34H50N2O17. The molecule has 0 spiro atoms. The summed E-state index contributed by atoms with van der Waals surface area (Å²) in [6.07, 6.45) is -19.4. The molecule has 0 aliphatic carbocycles. The first-order chi connectivity index (χ1) is 24.8. The number of esters is 1. The van der Waals surface area contributed by atoms with Crippen molar-refractivity contribution >= 4 is 35.1 Å². The highest BCUT2D eigenvalue weighted by molar-refractivity contribution is 5.96. The number of ketones is 3. The van der Waals surface area contributed by atoms with E-state index in [-0.39, 0.29) is 13.0 Å². The molecule has 1 aliphatic rings. The van der Waals surface area contributed by atoms with E-state index >= 15 is 0 Å². The lowest BCUT2D eigenvalue weighted by molar-refractivity contribution is -0.326. The van der Waals surface area contributed by atoms with E-state index < -0.39 is 141 Å². The number of benzene rings is 1. The number of Topliss-reactive ketones (excluding diaryl/α,β-unsaturated/α-hetero) is 3. The number of carbonyl (C=O) groups is 6. The standard InChI is InChI=1S/C34H50N2O17/c1-15(8-23(42)27(45)30(48)32(24(43)12-37)53-34-31(49)29(47)28(46)25(13-38)52-34)33(50)36-16(2)21(40)10-20(11-26(35)44)22(41)9-18-4-6-19(7-5-18)14-51-17(3)39/h4-7,15-16,20,24-25,27-32,34,37-38,43,45-49H,8-14H2,1-3H3,(H2,35,44)(H,36,50)/t15?,16?,20?,24-,25-,27+,28+,29+,30+,31-,32+,34+/m1/s1. The molecule has 298 valence electrons. The predicted molar refractivity (Wildman–Crippen MR) is 178 cm³/mol. The van der Waals surface area contributed by atoms with E-state index in [2.05, 4.69) is 5.32 Å². The van der Waals surface area contributed by atoms with Crippen molar-refractivity contribution in [2.75, 3.05) is 13.2 Å². The van der Waals surface area contributed by atoms with Crippen molar-refractivity contribution in [1.82, 2.24) is 5.32 Å². The van der Waals surface area contributed by atoms with Crippen molar-refractivity contribution in [3.05, 3.63) is 35.4 Å². The van der Waals surface area contributed by atoms with E-state index in [4.69, 9.17) is 19.9 Å². The second-order valence-corrected chi connectivity index (χ2v) is 13.1. The van der Waals surface area contributed by atoms with E-state index in [1.807, 2.05) is 0 Å². The molecule has 19 nitrogen and oxygen atoms in total. The van der Waals surface area contributed by atoms with Crippen LogP contribution < -0.4 is 11.1 Å². The van der Waals surface area contributed by atoms with Crippen LogP contribution in [-0.4, -0.2) is 150 Å². The number of nitrogens with one attached hydrogen (secondary N) is 1. The number of hydrogen-bond acceptors (Lipinski definition) is 17. The second-order valence-electron chi connectivity index (χ2n) is 13.1. The molecule has 19 heteroatoms. The third kappa shape index (κ3) is 13.6. The van der Waals surface area contributed by atoms with Crippen molar-refractivity contribution < 1.29 is 83.8 Å². The largest absolute Gasteiger partial charge is 0.461 e. The van der Waals surface area contributed by atoms with Gasteiger partial charge in [0, 0.05) is 44.4 Å². The van der Waals surface area contributed by atoms with Crippen LogP contribution in [0.2, 0.25) is 0 Å². The monoisotopic (exact) mass is 758 g/mol. The summed E-state index contributed by atoms with van der Waals surface area (Å²) in [6.45, 7) is 1.98. The molecule has 11 N–H and O–H groups in total. The molecule has 53 heavy (non-hydrogen) atoms. The fourth-order valence-electron chi connectivity index (χ4n) is 5.41. The Labute approximate surface area is 304 Å². The Balaban J connectivity index is 2.01. The van der Waals surface area contributed by atoms with Crippen LogP contribution in [0.5, 0.6) is 0 Å². The molecule has 1 aromatic rings. The molecule has 1 heterocycles. The molecule has 1 aliphatic heterocycles. The molecule has 2 amide bonds. The maximum Gasteiger partial charge on any atom is 0.302 e. The first kappa shape index (κ1) is 45.4. The SMILES string of the molecule is CC(=O)OCc1ccc(CC(=O)C(CC(N)=O)CC(=O)C(C)NC(=O)C(C)CC(=O)[C@H](O)[C@H](O)[C@@H](O[C@@H]2O[C@H](CO)[C@H](O)[C@H](O)[C@H]2O)[C@H](O)CO)cc1. The van der Waals surface area contributed by atoms with Crippen molar-refractivity contribution in [2.24, 2.45) is 17.6 Å². The summed E-state index contributed by atoms with van der Waals surface area (Å²) in [5, 5.41) is 83.0. The number of ether oxygens (including phenoxy) is 3. The minimum absolute atomic E-state index is 0.0417. The number of primary amides is 1. The number of amides is 2. The molecule has 0 aromatic heterocycles. The second kappa shape index (κ2) is 21.2. The maximum atomic E-state index is 13.1. The average molecular weight is 759 g/mol. The quantitative estimate of drug-likeness (QED) is 0.0500. The van der Waals surface area contributed by atoms with Gasteiger partial charge in [-0.15, -0.1) is 0 Å². The lowest BCUT2D eigenvalue weighted by Gasteiger charge is -2.42. The molecule has 1 saturated heterocycles. The molecule has 3 unspecified atom stereocenters. The Morgan fingerprint density at radius 1 is 0.849 bits per heavy atom. The number of nitrogens with two attached hydrogens (primary N) is 1. The van der Waals surface area contributed by atoms with Crippen LogP contribution in [-0.2, 0) is 56.0 Å². The highest BCUT2D eigenvalue weighted by Crippen LogP contribution is 2.25. The van der Waals surface area contributed by atoms with Crippen LogP contribution in [0.15, 0.2) is 24.3 Å². The molecule has 0 bridgehead atoms. The lowest BCUT2D eigenvalue weighted by atomic mass is 9.88. The summed E-state index contributed by atoms with van der Waals surface area (Å²) < 4.78 is 15.4. The highest BCUT2D eigenvalue weighted by Gasteiger charge is 2.47. The zero-order chi connectivity index (χ0) is 40.2. The maximum absolute atomic E-state index is 13.1. The fourth-order valence-corrected chi connectivity index (χ4v) is 5.41. The van der Waals surface area contributed by atoms with Gasteiger partial charge in [-0.25, -0.2) is 0 Å². The van der Waals surface area contributed by atoms with Gasteiger partial charge in [-0.05, 0) is 18.1 Å². The van der Waals surface area contributed by atoms with Crippen molar-refractivity contribution in [1.29, 1.82) is 0 Å². The van der Waals surface area contributed by atoms with Gasteiger partial charge in [-0.2, -0.15) is 0 Å². The van der Waals surface area contributed by atoms with Crippen LogP contribution in [0.1, 0.15) is 51.2 Å². The van der Waals surface area contributed by atoms with Gasteiger partial charge in [0.2, 0.25) is 11.8 Å². The summed E-state index contributed by atoms with van der Waals surface area (Å²) in [5.41, 5.74) is 6.56. The molecule has 12 atom stereocenters. The molecule has 1 aromatic carbocycles. The van der Waals surface area contributed by atoms with E-state index in [0.29, 0.717) is 11.1 Å². The minimum atomic E-state index is -2.34. The molecule has 1 fully saturated rings. The zero-order valence-electron chi connectivity index (χ0n) is 29.5. The Kier molecular flexibility index (Phi) is 18.2. The minimum Gasteiger partial charge on any atom is -0.461 e. The van der Waals surface area contributed by atoms with Gasteiger partial charge in [-0.1, -0.05) is 31.2 Å². The van der Waals surface area contributed by atoms with E-state index in [1.165, 1.54) is 20.8 Å². The van der Waals surface area contributed by atoms with Crippen molar-refractivity contribution in [3.8, 4) is 0 Å². The molecule has 2 rings (SSSR count). The highest BCUT2D eigenvalue weighted by atomic mass is 16.7. The number of rotatable bonds is 22. The third-order valence-corrected chi connectivity index (χ3v) is 8.69. The number of aliphatic hydroxyl groups is 8. The molecule has 0 radical (unpaired) electrons. The van der Waals surface area contributed by atoms with Gasteiger partial charge in [0.25, 0.3) is 0 Å². The van der Waals surface area contributed by atoms with E-state index in [9.17, 15) is 69.6 Å². The molecule has 0 saturated carbocycles. The summed E-state index contributed by atoms with van der Waals surface area (Å²) >= 11 is 0. The third-order valence-electron chi connectivity index (χ3n) is 8.69. The molecular weight excluding hydrogens is 708 g/mol. The number of carbonyl (C=O) groups excluding carboxylic acids is 6. The number of aliphatic hydroxyl groups excluding tert-OH is 8. The van der Waals surface area contributed by atoms with Gasteiger partial charge in [-0.3, -0.25) is 28.8 Å². The van der Waals surface area contributed by atoms with Gasteiger partial charge in [0.1, 0.15) is 61.2 Å². The summed E-state index contributed by atoms with van der Waals surface area (Å²) in [5.74, 6) is -6.67. The van der Waals surface area contributed by atoms with Gasteiger partial charge in [0.05, 0.1) is 19.3 Å². The summed E-state index contributed by atoms with van der Waals surface area (Å²) in [7, 11) is 0. The van der Waals surface area contributed by atoms with Crippen LogP contribution in [0.3, 0.4) is 0 Å². The Hall–Kier alpha value is -3.76. The fraction of sp³-hybridized carbons (Fsp3) is 0.647. The Morgan fingerprint density at radius 2 is 1.45 bits per heavy atom. The smallest absolute Gasteiger partial charge is 0.302 e. The van der Waals surface area contributed by atoms with Crippen molar-refractivity contribution in [2.45, 2.75) is 114 Å². The van der Waals surface area contributed by atoms with Crippen LogP contribution in [0, 0.1) is 11.8 Å². The number of hydrogen-bond donors (Lipinski definition) is 10. The summed E-state index contributed by atoms with van der Waals surface area (Å²) in [6, 6.07) is 5.36. The van der Waals surface area contributed by atoms with E-state index in [1.54, 1.807) is 24.3 Å². The Morgan fingerprint density at radius 3 is 2.00 bits per heavy atom. The summed E-state index contributed by atoms with van der Waals surface area (Å²) in [4.78, 5) is 74.7. The zero-order valence-corrected chi connectivity index (χ0v) is 29.5.